The molecule has 2 N–H and O–H groups in total. The highest BCUT2D eigenvalue weighted by molar-refractivity contribution is 8.06. The van der Waals surface area contributed by atoms with Gasteiger partial charge in [0.1, 0.15) is 11.6 Å². The van der Waals surface area contributed by atoms with E-state index in [0.717, 1.165) is 22.8 Å². The van der Waals surface area contributed by atoms with E-state index in [0.29, 0.717) is 23.1 Å². The number of hydrogen-bond donors (Lipinski definition) is 2. The standard InChI is InChI=1S/C22H23N5S.C2H3N/c23-13-18(21-26-20(15-28-21)17-9-5-2-6-10-17)19-11-12-24-22(27-19)25-14-16-7-3-1-4-8-16;1-2-3/h2,5-6,9-12,15-16,26H,1,3-4,7-8,14H2,(H,24,25,27);1H3. The molecule has 0 radical (unpaired) electrons. The summed E-state index contributed by atoms with van der Waals surface area (Å²) in [5.74, 6) is 1.29. The van der Waals surface area contributed by atoms with Gasteiger partial charge in [-0.3, -0.25) is 0 Å². The molecule has 0 saturated heterocycles. The Morgan fingerprint density at radius 3 is 2.61 bits per heavy atom. The zero-order chi connectivity index (χ0) is 21.9. The van der Waals surface area contributed by atoms with Crippen LogP contribution in [0.15, 0.2) is 53.0 Å². The normalized spacial score (nSPS) is 17.2. The molecule has 6 nitrogen and oxygen atoms in total. The first kappa shape index (κ1) is 22.4. The summed E-state index contributed by atoms with van der Waals surface area (Å²) in [5.41, 5.74) is 3.27. The summed E-state index contributed by atoms with van der Waals surface area (Å²) in [6.07, 6.45) is 8.25. The number of nitrogens with zero attached hydrogens (tertiary/aromatic N) is 4. The highest BCUT2D eigenvalue weighted by atomic mass is 32.2. The Hall–Kier alpha value is -3.29. The van der Waals surface area contributed by atoms with Crippen molar-refractivity contribution in [2.75, 3.05) is 11.9 Å². The molecule has 31 heavy (non-hydrogen) atoms. The van der Waals surface area contributed by atoms with Gasteiger partial charge in [-0.1, -0.05) is 61.4 Å². The lowest BCUT2D eigenvalue weighted by atomic mass is 9.89. The van der Waals surface area contributed by atoms with Gasteiger partial charge in [-0.2, -0.15) is 10.5 Å². The molecule has 0 spiro atoms. The third-order valence-electron chi connectivity index (χ3n) is 5.15. The molecule has 1 fully saturated rings. The fourth-order valence-corrected chi connectivity index (χ4v) is 4.48. The van der Waals surface area contributed by atoms with Crippen LogP contribution in [0.2, 0.25) is 0 Å². The van der Waals surface area contributed by atoms with Crippen LogP contribution in [0, 0.1) is 28.6 Å². The van der Waals surface area contributed by atoms with Crippen molar-refractivity contribution in [1.82, 2.24) is 15.3 Å². The zero-order valence-corrected chi connectivity index (χ0v) is 18.5. The van der Waals surface area contributed by atoms with Crippen LogP contribution in [0.5, 0.6) is 0 Å². The van der Waals surface area contributed by atoms with E-state index in [1.807, 2.05) is 35.7 Å². The van der Waals surface area contributed by atoms with Crippen LogP contribution in [-0.2, 0) is 0 Å². The first-order valence-electron chi connectivity index (χ1n) is 10.5. The lowest BCUT2D eigenvalue weighted by Crippen LogP contribution is -2.18. The highest BCUT2D eigenvalue weighted by Crippen LogP contribution is 2.34. The van der Waals surface area contributed by atoms with Crippen LogP contribution < -0.4 is 10.6 Å². The van der Waals surface area contributed by atoms with Gasteiger partial charge in [0.2, 0.25) is 5.95 Å². The van der Waals surface area contributed by atoms with Crippen molar-refractivity contribution in [2.24, 2.45) is 5.92 Å². The molecule has 7 heteroatoms. The number of rotatable bonds is 5. The van der Waals surface area contributed by atoms with Crippen molar-refractivity contribution in [3.05, 3.63) is 64.3 Å². The van der Waals surface area contributed by atoms with E-state index < -0.39 is 0 Å². The Labute approximate surface area is 188 Å². The molecule has 1 aliphatic heterocycles. The quantitative estimate of drug-likeness (QED) is 0.602. The summed E-state index contributed by atoms with van der Waals surface area (Å²) >= 11 is 1.52. The topological polar surface area (TPSA) is 97.4 Å². The molecular formula is C24H26N6S. The Morgan fingerprint density at radius 2 is 1.90 bits per heavy atom. The van der Waals surface area contributed by atoms with E-state index >= 15 is 0 Å². The van der Waals surface area contributed by atoms with Crippen molar-refractivity contribution < 1.29 is 0 Å². The molecule has 1 aliphatic carbocycles. The third kappa shape index (κ3) is 6.34. The monoisotopic (exact) mass is 430 g/mol. The van der Waals surface area contributed by atoms with E-state index in [4.69, 9.17) is 5.26 Å². The van der Waals surface area contributed by atoms with E-state index in [1.165, 1.54) is 50.8 Å². The van der Waals surface area contributed by atoms with Crippen LogP contribution in [-0.4, -0.2) is 16.5 Å². The number of aromatic nitrogens is 2. The number of nitrogens with one attached hydrogen (secondary N) is 2. The van der Waals surface area contributed by atoms with Gasteiger partial charge in [-0.05, 0) is 30.4 Å². The lowest BCUT2D eigenvalue weighted by Gasteiger charge is -2.21. The van der Waals surface area contributed by atoms with Gasteiger partial charge in [0.15, 0.2) is 0 Å². The van der Waals surface area contributed by atoms with Crippen molar-refractivity contribution >= 4 is 29.0 Å². The average molecular weight is 431 g/mol. The molecule has 1 saturated carbocycles. The largest absolute Gasteiger partial charge is 0.354 e. The number of hydrogen-bond acceptors (Lipinski definition) is 7. The molecule has 2 heterocycles. The Bertz CT molecular complexity index is 1010. The molecule has 0 unspecified atom stereocenters. The number of nitriles is 2. The average Bonchev–Trinajstić information content (AvgIpc) is 3.30. The van der Waals surface area contributed by atoms with Crippen LogP contribution in [0.25, 0.3) is 11.3 Å². The maximum Gasteiger partial charge on any atom is 0.223 e. The first-order valence-corrected chi connectivity index (χ1v) is 11.3. The molecule has 158 valence electrons. The van der Waals surface area contributed by atoms with Crippen LogP contribution in [0.3, 0.4) is 0 Å². The van der Waals surface area contributed by atoms with E-state index in [1.54, 1.807) is 18.3 Å². The second-order valence-corrected chi connectivity index (χ2v) is 8.21. The summed E-state index contributed by atoms with van der Waals surface area (Å²) in [7, 11) is 0. The van der Waals surface area contributed by atoms with Crippen LogP contribution in [0.4, 0.5) is 5.95 Å². The van der Waals surface area contributed by atoms with Crippen LogP contribution in [0.1, 0.15) is 50.3 Å². The number of anilines is 1. The minimum atomic E-state index is 0.537. The van der Waals surface area contributed by atoms with Gasteiger partial charge >= 0.3 is 0 Å². The van der Waals surface area contributed by atoms with Gasteiger partial charge in [-0.15, -0.1) is 0 Å². The van der Waals surface area contributed by atoms with Crippen molar-refractivity contribution in [3.8, 4) is 12.1 Å². The molecule has 0 atom stereocenters. The van der Waals surface area contributed by atoms with E-state index in [2.05, 4.69) is 26.7 Å². The van der Waals surface area contributed by atoms with Gasteiger partial charge in [0.05, 0.1) is 22.5 Å². The zero-order valence-electron chi connectivity index (χ0n) is 17.6. The predicted molar refractivity (Wildman–Crippen MR) is 126 cm³/mol. The molecule has 0 bridgehead atoms. The van der Waals surface area contributed by atoms with Crippen LogP contribution >= 0.6 is 11.8 Å². The summed E-state index contributed by atoms with van der Waals surface area (Å²) in [5, 5.41) is 26.6. The van der Waals surface area contributed by atoms with Gasteiger partial charge in [0, 0.05) is 25.1 Å². The fourth-order valence-electron chi connectivity index (χ4n) is 3.61. The summed E-state index contributed by atoms with van der Waals surface area (Å²) in [6.45, 7) is 2.33. The molecule has 2 aromatic rings. The van der Waals surface area contributed by atoms with E-state index in [9.17, 15) is 5.26 Å². The molecule has 0 amide bonds. The number of benzene rings is 1. The second kappa shape index (κ2) is 11.8. The van der Waals surface area contributed by atoms with Gasteiger partial charge in [-0.25, -0.2) is 9.97 Å². The minimum Gasteiger partial charge on any atom is -0.354 e. The van der Waals surface area contributed by atoms with Gasteiger partial charge in [0.25, 0.3) is 0 Å². The third-order valence-corrected chi connectivity index (χ3v) is 6.05. The van der Waals surface area contributed by atoms with Gasteiger partial charge < -0.3 is 10.6 Å². The van der Waals surface area contributed by atoms with Crippen molar-refractivity contribution in [2.45, 2.75) is 39.0 Å². The Balaban J connectivity index is 0.000000858. The minimum absolute atomic E-state index is 0.537. The number of thioether (sulfide) groups is 1. The van der Waals surface area contributed by atoms with E-state index in [-0.39, 0.29) is 0 Å². The maximum absolute atomic E-state index is 9.76. The smallest absolute Gasteiger partial charge is 0.223 e. The predicted octanol–water partition coefficient (Wildman–Crippen LogP) is 5.53. The maximum atomic E-state index is 9.76. The van der Waals surface area contributed by atoms with Crippen molar-refractivity contribution in [3.63, 3.8) is 0 Å². The molecule has 1 aromatic carbocycles. The second-order valence-electron chi connectivity index (χ2n) is 7.33. The lowest BCUT2D eigenvalue weighted by molar-refractivity contribution is 0.373. The molecule has 2 aliphatic rings. The Morgan fingerprint density at radius 1 is 1.16 bits per heavy atom. The fraction of sp³-hybridized carbons (Fsp3) is 0.333. The molecule has 1 aromatic heterocycles. The highest BCUT2D eigenvalue weighted by Gasteiger charge is 2.19. The summed E-state index contributed by atoms with van der Waals surface area (Å²) in [6, 6.07) is 15.9. The number of allylic oxidation sites excluding steroid dienone is 1. The SMILES string of the molecule is CC#N.N#CC(=C1NC(c2ccccc2)=CS1)c1ccnc(NCC2CCCCC2)n1. The van der Waals surface area contributed by atoms with Crippen molar-refractivity contribution in [1.29, 1.82) is 10.5 Å². The molecule has 4 rings (SSSR count). The Kier molecular flexibility index (Phi) is 8.51. The summed E-state index contributed by atoms with van der Waals surface area (Å²) in [4.78, 5) is 8.93. The molecular weight excluding hydrogens is 404 g/mol. The summed E-state index contributed by atoms with van der Waals surface area (Å²) < 4.78 is 0. The first-order chi connectivity index (χ1) is 15.2.